The molecule has 2 rings (SSSR count). The summed E-state index contributed by atoms with van der Waals surface area (Å²) in [5.74, 6) is -0.649. The molecule has 0 aliphatic carbocycles. The van der Waals surface area contributed by atoms with E-state index in [1.807, 2.05) is 39.0 Å². The van der Waals surface area contributed by atoms with E-state index < -0.39 is 5.97 Å². The first-order valence-corrected chi connectivity index (χ1v) is 5.77. The van der Waals surface area contributed by atoms with Gasteiger partial charge in [0.05, 0.1) is 5.56 Å². The highest BCUT2D eigenvalue weighted by atomic mass is 16.4. The van der Waals surface area contributed by atoms with E-state index in [0.29, 0.717) is 5.56 Å². The summed E-state index contributed by atoms with van der Waals surface area (Å²) < 4.78 is 0. The molecule has 0 unspecified atom stereocenters. The summed E-state index contributed by atoms with van der Waals surface area (Å²) in [5, 5.41) is 11.4. The van der Waals surface area contributed by atoms with E-state index >= 15 is 0 Å². The van der Waals surface area contributed by atoms with Gasteiger partial charge in [0.15, 0.2) is 0 Å². The number of aromatic carboxylic acids is 1. The first-order chi connectivity index (χ1) is 8.00. The van der Waals surface area contributed by atoms with Gasteiger partial charge in [-0.2, -0.15) is 0 Å². The fourth-order valence-corrected chi connectivity index (χ4v) is 2.27. The Bertz CT molecular complexity index is 583. The van der Waals surface area contributed by atoms with Gasteiger partial charge in [0.1, 0.15) is 0 Å². The molecule has 2 aromatic rings. The summed E-state index contributed by atoms with van der Waals surface area (Å²) in [5.41, 5.74) is 2.50. The zero-order chi connectivity index (χ0) is 12.6. The molecule has 2 heteroatoms. The van der Waals surface area contributed by atoms with E-state index in [-0.39, 0.29) is 5.92 Å². The number of carbonyl (C=O) groups is 1. The molecule has 1 N–H and O–H groups in total. The maximum absolute atomic E-state index is 11.3. The Morgan fingerprint density at radius 2 is 1.82 bits per heavy atom. The van der Waals surface area contributed by atoms with Crippen molar-refractivity contribution in [2.24, 2.45) is 0 Å². The molecule has 0 aliphatic heterocycles. The van der Waals surface area contributed by atoms with Gasteiger partial charge in [-0.3, -0.25) is 0 Å². The Balaban J connectivity index is 2.87. The van der Waals surface area contributed by atoms with Crippen LogP contribution in [0.4, 0.5) is 0 Å². The van der Waals surface area contributed by atoms with E-state index in [0.717, 1.165) is 21.9 Å². The van der Waals surface area contributed by atoms with Crippen molar-refractivity contribution in [3.05, 3.63) is 47.0 Å². The number of carboxylic acid groups (broad SMARTS) is 1. The first kappa shape index (κ1) is 11.6. The van der Waals surface area contributed by atoms with Crippen LogP contribution in [0.5, 0.6) is 0 Å². The molecule has 0 saturated carbocycles. The van der Waals surface area contributed by atoms with Crippen LogP contribution in [0.15, 0.2) is 30.3 Å². The normalized spacial score (nSPS) is 11.1. The van der Waals surface area contributed by atoms with E-state index in [1.165, 1.54) is 0 Å². The Labute approximate surface area is 101 Å². The van der Waals surface area contributed by atoms with Gasteiger partial charge in [-0.05, 0) is 35.2 Å². The molecule has 88 valence electrons. The second-order valence-corrected chi connectivity index (χ2v) is 4.71. The highest BCUT2D eigenvalue weighted by Crippen LogP contribution is 2.29. The highest BCUT2D eigenvalue weighted by molar-refractivity contribution is 5.98. The van der Waals surface area contributed by atoms with Gasteiger partial charge in [0, 0.05) is 0 Å². The van der Waals surface area contributed by atoms with E-state index in [4.69, 9.17) is 0 Å². The van der Waals surface area contributed by atoms with Crippen LogP contribution >= 0.6 is 0 Å². The summed E-state index contributed by atoms with van der Waals surface area (Å²) in [7, 11) is 0. The largest absolute Gasteiger partial charge is 0.478 e. The Hall–Kier alpha value is -1.83. The summed E-state index contributed by atoms with van der Waals surface area (Å²) in [6.45, 7) is 6.09. The molecule has 0 aromatic heterocycles. The third kappa shape index (κ3) is 2.03. The molecule has 17 heavy (non-hydrogen) atoms. The van der Waals surface area contributed by atoms with Crippen molar-refractivity contribution in [2.75, 3.05) is 0 Å². The quantitative estimate of drug-likeness (QED) is 0.844. The van der Waals surface area contributed by atoms with Crippen LogP contribution in [0, 0.1) is 6.92 Å². The summed E-state index contributed by atoms with van der Waals surface area (Å²) >= 11 is 0. The molecule has 0 fully saturated rings. The lowest BCUT2D eigenvalue weighted by atomic mass is 9.90. The summed E-state index contributed by atoms with van der Waals surface area (Å²) in [6.07, 6.45) is 0. The topological polar surface area (TPSA) is 37.3 Å². The smallest absolute Gasteiger partial charge is 0.335 e. The van der Waals surface area contributed by atoms with Gasteiger partial charge in [0.2, 0.25) is 0 Å². The molecule has 0 amide bonds. The van der Waals surface area contributed by atoms with Crippen molar-refractivity contribution in [1.82, 2.24) is 0 Å². The van der Waals surface area contributed by atoms with Crippen LogP contribution in [0.1, 0.15) is 41.3 Å². The van der Waals surface area contributed by atoms with Crippen LogP contribution in [-0.4, -0.2) is 11.1 Å². The van der Waals surface area contributed by atoms with Gasteiger partial charge in [-0.25, -0.2) is 4.79 Å². The number of carboxylic acids is 1. The molecular weight excluding hydrogens is 212 g/mol. The van der Waals surface area contributed by atoms with E-state index in [9.17, 15) is 9.90 Å². The molecule has 0 spiro atoms. The van der Waals surface area contributed by atoms with Crippen molar-refractivity contribution in [3.63, 3.8) is 0 Å². The Morgan fingerprint density at radius 1 is 1.18 bits per heavy atom. The molecule has 2 nitrogen and oxygen atoms in total. The van der Waals surface area contributed by atoms with Crippen molar-refractivity contribution in [1.29, 1.82) is 0 Å². The minimum absolute atomic E-state index is 0.201. The van der Waals surface area contributed by atoms with Crippen LogP contribution < -0.4 is 0 Å². The van der Waals surface area contributed by atoms with Gasteiger partial charge in [0.25, 0.3) is 0 Å². The van der Waals surface area contributed by atoms with E-state index in [2.05, 4.69) is 6.07 Å². The minimum atomic E-state index is -0.850. The second kappa shape index (κ2) is 4.21. The molecule has 0 heterocycles. The van der Waals surface area contributed by atoms with Crippen molar-refractivity contribution in [2.45, 2.75) is 26.7 Å². The lowest BCUT2D eigenvalue weighted by molar-refractivity contribution is 0.0695. The SMILES string of the molecule is Cc1ccc2ccc(C(=O)O)c(C(C)C)c2c1. The average molecular weight is 228 g/mol. The standard InChI is InChI=1S/C15H16O2/c1-9(2)14-12(15(16)17)7-6-11-5-4-10(3)8-13(11)14/h4-9H,1-3H3,(H,16,17). The molecule has 0 bridgehead atoms. The summed E-state index contributed by atoms with van der Waals surface area (Å²) in [4.78, 5) is 11.3. The number of hydrogen-bond acceptors (Lipinski definition) is 1. The molecule has 0 aliphatic rings. The van der Waals surface area contributed by atoms with Crippen LogP contribution in [0.25, 0.3) is 10.8 Å². The lowest BCUT2D eigenvalue weighted by Gasteiger charge is -2.14. The van der Waals surface area contributed by atoms with Crippen LogP contribution in [0.2, 0.25) is 0 Å². The van der Waals surface area contributed by atoms with Crippen molar-refractivity contribution >= 4 is 16.7 Å². The third-order valence-corrected chi connectivity index (χ3v) is 3.03. The zero-order valence-corrected chi connectivity index (χ0v) is 10.3. The maximum atomic E-state index is 11.3. The van der Waals surface area contributed by atoms with Crippen molar-refractivity contribution in [3.8, 4) is 0 Å². The van der Waals surface area contributed by atoms with Gasteiger partial charge >= 0.3 is 5.97 Å². The molecule has 0 atom stereocenters. The minimum Gasteiger partial charge on any atom is -0.478 e. The van der Waals surface area contributed by atoms with Crippen LogP contribution in [0.3, 0.4) is 0 Å². The number of rotatable bonds is 2. The van der Waals surface area contributed by atoms with Crippen molar-refractivity contribution < 1.29 is 9.90 Å². The molecular formula is C15H16O2. The Morgan fingerprint density at radius 3 is 2.41 bits per heavy atom. The fourth-order valence-electron chi connectivity index (χ4n) is 2.27. The highest BCUT2D eigenvalue weighted by Gasteiger charge is 2.15. The lowest BCUT2D eigenvalue weighted by Crippen LogP contribution is -2.04. The van der Waals surface area contributed by atoms with Crippen LogP contribution in [-0.2, 0) is 0 Å². The molecule has 0 saturated heterocycles. The number of fused-ring (bicyclic) bond motifs is 1. The zero-order valence-electron chi connectivity index (χ0n) is 10.3. The fraction of sp³-hybridized carbons (Fsp3) is 0.267. The number of aryl methyl sites for hydroxylation is 1. The summed E-state index contributed by atoms with van der Waals surface area (Å²) in [6, 6.07) is 9.74. The number of benzene rings is 2. The monoisotopic (exact) mass is 228 g/mol. The average Bonchev–Trinajstić information content (AvgIpc) is 2.26. The molecule has 2 aromatic carbocycles. The predicted molar refractivity (Wildman–Crippen MR) is 69.7 cm³/mol. The molecule has 0 radical (unpaired) electrons. The third-order valence-electron chi connectivity index (χ3n) is 3.03. The maximum Gasteiger partial charge on any atom is 0.335 e. The number of hydrogen-bond donors (Lipinski definition) is 1. The first-order valence-electron chi connectivity index (χ1n) is 5.77. The van der Waals surface area contributed by atoms with Gasteiger partial charge in [-0.1, -0.05) is 43.7 Å². The Kier molecular flexibility index (Phi) is 2.88. The second-order valence-electron chi connectivity index (χ2n) is 4.71. The predicted octanol–water partition coefficient (Wildman–Crippen LogP) is 3.97. The van der Waals surface area contributed by atoms with Gasteiger partial charge in [-0.15, -0.1) is 0 Å². The van der Waals surface area contributed by atoms with Gasteiger partial charge < -0.3 is 5.11 Å². The van der Waals surface area contributed by atoms with E-state index in [1.54, 1.807) is 6.07 Å².